The van der Waals surface area contributed by atoms with Crippen molar-refractivity contribution in [2.24, 2.45) is 0 Å². The van der Waals surface area contributed by atoms with Crippen LogP contribution in [0.4, 0.5) is 0 Å². The number of amides is 1. The van der Waals surface area contributed by atoms with Crippen LogP contribution in [-0.2, 0) is 23.4 Å². The van der Waals surface area contributed by atoms with Crippen LogP contribution in [0.25, 0.3) is 0 Å². The summed E-state index contributed by atoms with van der Waals surface area (Å²) >= 11 is 3.33. The molecular weight excluding hydrogens is 400 g/mol. The van der Waals surface area contributed by atoms with Crippen LogP contribution in [0, 0.1) is 13.8 Å². The fraction of sp³-hybridized carbons (Fsp3) is 0.304. The number of rotatable bonds is 9. The Hall–Kier alpha value is -2.31. The number of hydrogen-bond acceptors (Lipinski definition) is 5. The van der Waals surface area contributed by atoms with E-state index in [1.54, 1.807) is 30.2 Å². The summed E-state index contributed by atoms with van der Waals surface area (Å²) < 4.78 is 6.35. The lowest BCUT2D eigenvalue weighted by atomic mass is 10.1. The Morgan fingerprint density at radius 1 is 1.17 bits per heavy atom. The van der Waals surface area contributed by atoms with Gasteiger partial charge in [0, 0.05) is 17.7 Å². The zero-order valence-corrected chi connectivity index (χ0v) is 18.7. The van der Waals surface area contributed by atoms with Gasteiger partial charge >= 0.3 is 0 Å². The summed E-state index contributed by atoms with van der Waals surface area (Å²) in [7, 11) is 1.66. The molecule has 0 spiro atoms. The molecule has 1 heterocycles. The predicted molar refractivity (Wildman–Crippen MR) is 121 cm³/mol. The molecule has 0 saturated carbocycles. The zero-order chi connectivity index (χ0) is 20.6. The molecule has 0 fully saturated rings. The Morgan fingerprint density at radius 2 is 2.00 bits per heavy atom. The number of thioether (sulfide) groups is 1. The lowest BCUT2D eigenvalue weighted by Crippen LogP contribution is -2.27. The number of hydrogen-bond donors (Lipinski definition) is 1. The summed E-state index contributed by atoms with van der Waals surface area (Å²) in [5.74, 6) is 1.74. The van der Waals surface area contributed by atoms with Crippen molar-refractivity contribution in [3.8, 4) is 5.75 Å². The number of aryl methyl sites for hydroxylation is 2. The van der Waals surface area contributed by atoms with Crippen molar-refractivity contribution in [1.82, 2.24) is 10.3 Å². The van der Waals surface area contributed by atoms with Gasteiger partial charge in [0.1, 0.15) is 10.1 Å². The van der Waals surface area contributed by atoms with Gasteiger partial charge in [-0.2, -0.15) is 0 Å². The first-order valence-corrected chi connectivity index (χ1v) is 11.4. The number of methoxy groups -OCH3 is 1. The Morgan fingerprint density at radius 3 is 2.83 bits per heavy atom. The van der Waals surface area contributed by atoms with Gasteiger partial charge in [-0.3, -0.25) is 4.79 Å². The van der Waals surface area contributed by atoms with Crippen LogP contribution in [0.2, 0.25) is 0 Å². The van der Waals surface area contributed by atoms with Gasteiger partial charge in [0.25, 0.3) is 0 Å². The Bertz CT molecular complexity index is 969. The number of nitrogens with zero attached hydrogens (tertiary/aromatic N) is 1. The number of benzene rings is 2. The minimum Gasteiger partial charge on any atom is -0.496 e. The van der Waals surface area contributed by atoms with E-state index in [1.165, 1.54) is 16.7 Å². The van der Waals surface area contributed by atoms with Crippen LogP contribution >= 0.6 is 23.1 Å². The first-order chi connectivity index (χ1) is 14.0. The first-order valence-electron chi connectivity index (χ1n) is 9.57. The van der Waals surface area contributed by atoms with Crippen molar-refractivity contribution in [2.75, 3.05) is 13.7 Å². The number of carbonyl (C=O) groups is 1. The SMILES string of the molecule is COc1ccccc1CCNC(=O)Cc1csc(SCc2cc(C)ccc2C)n1. The third-order valence-corrected chi connectivity index (χ3v) is 6.76. The van der Waals surface area contributed by atoms with E-state index in [2.05, 4.69) is 42.3 Å². The molecular formula is C23H26N2O2S2. The molecule has 0 radical (unpaired) electrons. The maximum Gasteiger partial charge on any atom is 0.226 e. The van der Waals surface area contributed by atoms with E-state index in [-0.39, 0.29) is 5.91 Å². The molecule has 1 N–H and O–H groups in total. The Labute approximate surface area is 180 Å². The van der Waals surface area contributed by atoms with Gasteiger partial charge in [-0.25, -0.2) is 4.98 Å². The molecule has 3 rings (SSSR count). The molecule has 29 heavy (non-hydrogen) atoms. The molecule has 0 unspecified atom stereocenters. The molecule has 1 aromatic heterocycles. The lowest BCUT2D eigenvalue weighted by Gasteiger charge is -2.08. The lowest BCUT2D eigenvalue weighted by molar-refractivity contribution is -0.120. The highest BCUT2D eigenvalue weighted by molar-refractivity contribution is 8.00. The van der Waals surface area contributed by atoms with E-state index < -0.39 is 0 Å². The summed E-state index contributed by atoms with van der Waals surface area (Å²) in [6, 6.07) is 14.4. The van der Waals surface area contributed by atoms with Gasteiger partial charge in [0.05, 0.1) is 19.2 Å². The number of thiazole rings is 1. The molecule has 0 aliphatic heterocycles. The summed E-state index contributed by atoms with van der Waals surface area (Å²) in [6.45, 7) is 4.83. The number of nitrogens with one attached hydrogen (secondary N) is 1. The minimum atomic E-state index is -0.00345. The third kappa shape index (κ3) is 6.34. The van der Waals surface area contributed by atoms with Crippen LogP contribution in [0.3, 0.4) is 0 Å². The van der Waals surface area contributed by atoms with Gasteiger partial charge in [-0.05, 0) is 43.0 Å². The van der Waals surface area contributed by atoms with E-state index in [4.69, 9.17) is 4.74 Å². The molecule has 0 atom stereocenters. The zero-order valence-electron chi connectivity index (χ0n) is 17.0. The molecule has 2 aromatic carbocycles. The van der Waals surface area contributed by atoms with Crippen molar-refractivity contribution in [3.63, 3.8) is 0 Å². The van der Waals surface area contributed by atoms with E-state index in [1.807, 2.05) is 29.6 Å². The minimum absolute atomic E-state index is 0.00345. The largest absolute Gasteiger partial charge is 0.496 e. The maximum absolute atomic E-state index is 12.2. The highest BCUT2D eigenvalue weighted by atomic mass is 32.2. The summed E-state index contributed by atoms with van der Waals surface area (Å²) in [5, 5.41) is 4.95. The summed E-state index contributed by atoms with van der Waals surface area (Å²) in [4.78, 5) is 16.9. The second kappa shape index (κ2) is 10.5. The molecule has 6 heteroatoms. The number of aromatic nitrogens is 1. The topological polar surface area (TPSA) is 51.2 Å². The molecule has 0 bridgehead atoms. The van der Waals surface area contributed by atoms with E-state index >= 15 is 0 Å². The van der Waals surface area contributed by atoms with Crippen molar-refractivity contribution in [2.45, 2.75) is 36.8 Å². The molecule has 0 aliphatic rings. The molecule has 152 valence electrons. The predicted octanol–water partition coefficient (Wildman–Crippen LogP) is 4.96. The Kier molecular flexibility index (Phi) is 7.72. The standard InChI is InChI=1S/C23H26N2O2S2/c1-16-8-9-17(2)19(12-16)14-28-23-25-20(15-29-23)13-22(26)24-11-10-18-6-4-5-7-21(18)27-3/h4-9,12,15H,10-11,13-14H2,1-3H3,(H,24,26). The van der Waals surface area contributed by atoms with Crippen molar-refractivity contribution < 1.29 is 9.53 Å². The van der Waals surface area contributed by atoms with Gasteiger partial charge < -0.3 is 10.1 Å². The highest BCUT2D eigenvalue weighted by Gasteiger charge is 2.10. The second-order valence-corrected chi connectivity index (χ2v) is 8.99. The van der Waals surface area contributed by atoms with E-state index in [0.717, 1.165) is 33.5 Å². The average Bonchev–Trinajstić information content (AvgIpc) is 3.16. The van der Waals surface area contributed by atoms with Crippen molar-refractivity contribution >= 4 is 29.0 Å². The van der Waals surface area contributed by atoms with Gasteiger partial charge in [-0.15, -0.1) is 11.3 Å². The highest BCUT2D eigenvalue weighted by Crippen LogP contribution is 2.28. The number of para-hydroxylation sites is 1. The molecule has 0 aliphatic carbocycles. The fourth-order valence-corrected chi connectivity index (χ4v) is 4.91. The maximum atomic E-state index is 12.2. The van der Waals surface area contributed by atoms with Gasteiger partial charge in [0.15, 0.2) is 0 Å². The molecule has 3 aromatic rings. The van der Waals surface area contributed by atoms with Crippen LogP contribution in [0.5, 0.6) is 5.75 Å². The Balaban J connectivity index is 1.45. The average molecular weight is 427 g/mol. The van der Waals surface area contributed by atoms with Crippen molar-refractivity contribution in [1.29, 1.82) is 0 Å². The van der Waals surface area contributed by atoms with Crippen molar-refractivity contribution in [3.05, 3.63) is 75.8 Å². The number of carbonyl (C=O) groups excluding carboxylic acids is 1. The smallest absolute Gasteiger partial charge is 0.226 e. The monoisotopic (exact) mass is 426 g/mol. The summed E-state index contributed by atoms with van der Waals surface area (Å²) in [6.07, 6.45) is 1.05. The van der Waals surface area contributed by atoms with Gasteiger partial charge in [0.2, 0.25) is 5.91 Å². The van der Waals surface area contributed by atoms with E-state index in [0.29, 0.717) is 13.0 Å². The van der Waals surface area contributed by atoms with Crippen LogP contribution in [-0.4, -0.2) is 24.5 Å². The van der Waals surface area contributed by atoms with Crippen LogP contribution in [0.1, 0.15) is 27.9 Å². The van der Waals surface area contributed by atoms with Crippen LogP contribution in [0.15, 0.2) is 52.2 Å². The molecule has 4 nitrogen and oxygen atoms in total. The summed E-state index contributed by atoms with van der Waals surface area (Å²) in [5.41, 5.74) is 5.83. The van der Waals surface area contributed by atoms with Crippen LogP contribution < -0.4 is 10.1 Å². The van der Waals surface area contributed by atoms with E-state index in [9.17, 15) is 4.79 Å². The first kappa shape index (κ1) is 21.4. The number of ether oxygens (including phenoxy) is 1. The third-order valence-electron chi connectivity index (χ3n) is 4.64. The molecule has 1 amide bonds. The van der Waals surface area contributed by atoms with Gasteiger partial charge in [-0.1, -0.05) is 53.7 Å². The normalized spacial score (nSPS) is 10.7. The fourth-order valence-electron chi connectivity index (χ4n) is 3.00. The molecule has 0 saturated heterocycles. The second-order valence-electron chi connectivity index (χ2n) is 6.91. The quantitative estimate of drug-likeness (QED) is 0.491.